The van der Waals surface area contributed by atoms with Gasteiger partial charge < -0.3 is 20.1 Å². The quantitative estimate of drug-likeness (QED) is 0.728. The van der Waals surface area contributed by atoms with Gasteiger partial charge in [-0.2, -0.15) is 0 Å². The second kappa shape index (κ2) is 8.31. The van der Waals surface area contributed by atoms with Gasteiger partial charge in [0.05, 0.1) is 12.3 Å². The Hall–Kier alpha value is -2.73. The number of amides is 2. The third-order valence-electron chi connectivity index (χ3n) is 4.14. The smallest absolute Gasteiger partial charge is 0.265 e. The molecule has 6 nitrogen and oxygen atoms in total. The van der Waals surface area contributed by atoms with E-state index in [0.717, 1.165) is 11.3 Å². The van der Waals surface area contributed by atoms with Crippen molar-refractivity contribution in [3.63, 3.8) is 0 Å². The van der Waals surface area contributed by atoms with Gasteiger partial charge in [0, 0.05) is 17.1 Å². The summed E-state index contributed by atoms with van der Waals surface area (Å²) in [5.74, 6) is 1.02. The minimum absolute atomic E-state index is 0.122. The normalized spacial score (nSPS) is 15.4. The number of fused-ring (bicyclic) bond motifs is 1. The Morgan fingerprint density at radius 2 is 2.11 bits per heavy atom. The minimum Gasteiger partial charge on any atom is -0.493 e. The first-order valence-corrected chi connectivity index (χ1v) is 9.10. The van der Waals surface area contributed by atoms with Crippen molar-refractivity contribution in [1.29, 1.82) is 0 Å². The van der Waals surface area contributed by atoms with Gasteiger partial charge in [-0.05, 0) is 62.2 Å². The molecule has 2 amide bonds. The van der Waals surface area contributed by atoms with Crippen molar-refractivity contribution < 1.29 is 19.1 Å². The van der Waals surface area contributed by atoms with E-state index in [4.69, 9.17) is 21.1 Å². The van der Waals surface area contributed by atoms with Crippen molar-refractivity contribution in [2.24, 2.45) is 0 Å². The number of hydrogen-bond acceptors (Lipinski definition) is 4. The Labute approximate surface area is 162 Å². The number of aryl methyl sites for hydroxylation is 1. The van der Waals surface area contributed by atoms with Crippen LogP contribution >= 0.6 is 11.6 Å². The second-order valence-corrected chi connectivity index (χ2v) is 6.81. The highest BCUT2D eigenvalue weighted by atomic mass is 35.5. The molecule has 1 aliphatic rings. The maximum atomic E-state index is 12.1. The summed E-state index contributed by atoms with van der Waals surface area (Å²) in [4.78, 5) is 23.8. The van der Waals surface area contributed by atoms with Crippen molar-refractivity contribution in [3.8, 4) is 11.5 Å². The third-order valence-corrected chi connectivity index (χ3v) is 4.37. The van der Waals surface area contributed by atoms with E-state index in [1.807, 2.05) is 19.1 Å². The molecule has 0 aromatic heterocycles. The molecule has 1 heterocycles. The maximum Gasteiger partial charge on any atom is 0.265 e. The summed E-state index contributed by atoms with van der Waals surface area (Å²) in [6, 6.07) is 10.6. The molecule has 2 aromatic rings. The number of carbonyl (C=O) groups excluding carboxylic acids is 2. The molecule has 27 heavy (non-hydrogen) atoms. The minimum atomic E-state index is -0.526. The van der Waals surface area contributed by atoms with Gasteiger partial charge >= 0.3 is 0 Å². The van der Waals surface area contributed by atoms with Crippen molar-refractivity contribution in [2.75, 3.05) is 17.2 Å². The number of benzene rings is 2. The lowest BCUT2D eigenvalue weighted by atomic mass is 10.2. The van der Waals surface area contributed by atoms with Crippen LogP contribution in [0.5, 0.6) is 11.5 Å². The highest BCUT2D eigenvalue weighted by molar-refractivity contribution is 6.30. The molecule has 0 bridgehead atoms. The Morgan fingerprint density at radius 3 is 2.89 bits per heavy atom. The molecule has 0 aliphatic carbocycles. The lowest BCUT2D eigenvalue weighted by molar-refractivity contribution is -0.122. The predicted molar refractivity (Wildman–Crippen MR) is 105 cm³/mol. The summed E-state index contributed by atoms with van der Waals surface area (Å²) >= 11 is 5.92. The fraction of sp³-hybridized carbons (Fsp3) is 0.300. The van der Waals surface area contributed by atoms with Crippen LogP contribution in [0, 0.1) is 6.92 Å². The number of nitrogens with one attached hydrogen (secondary N) is 2. The van der Waals surface area contributed by atoms with E-state index in [1.54, 1.807) is 31.2 Å². The molecular weight excluding hydrogens is 368 g/mol. The van der Waals surface area contributed by atoms with E-state index >= 15 is 0 Å². The topological polar surface area (TPSA) is 76.7 Å². The third kappa shape index (κ3) is 4.92. The largest absolute Gasteiger partial charge is 0.493 e. The number of rotatable bonds is 6. The number of hydrogen-bond donors (Lipinski definition) is 2. The Balaban J connectivity index is 1.47. The zero-order chi connectivity index (χ0) is 19.4. The van der Waals surface area contributed by atoms with Crippen molar-refractivity contribution in [1.82, 2.24) is 0 Å². The van der Waals surface area contributed by atoms with Gasteiger partial charge in [-0.25, -0.2) is 0 Å². The van der Waals surface area contributed by atoms with Crippen LogP contribution in [-0.2, 0) is 9.59 Å². The van der Waals surface area contributed by atoms with Gasteiger partial charge in [0.15, 0.2) is 6.10 Å². The van der Waals surface area contributed by atoms with Crippen LogP contribution in [0.2, 0.25) is 5.02 Å². The standard InChI is InChI=1S/C20H21ClN2O4/c1-12-10-14(21)5-7-17(12)26-9-3-4-19(24)22-15-6-8-18-16(11-15)23-20(25)13(2)27-18/h5-8,10-11,13H,3-4,9H2,1-2H3,(H,22,24)(H,23,25). The average molecular weight is 389 g/mol. The number of ether oxygens (including phenoxy) is 2. The molecule has 2 aromatic carbocycles. The van der Waals surface area contributed by atoms with Gasteiger partial charge in [-0.3, -0.25) is 9.59 Å². The lowest BCUT2D eigenvalue weighted by Crippen LogP contribution is -2.34. The van der Waals surface area contributed by atoms with E-state index in [9.17, 15) is 9.59 Å². The van der Waals surface area contributed by atoms with Crippen LogP contribution < -0.4 is 20.1 Å². The molecule has 1 unspecified atom stereocenters. The van der Waals surface area contributed by atoms with Gasteiger partial charge in [0.1, 0.15) is 11.5 Å². The maximum absolute atomic E-state index is 12.1. The summed E-state index contributed by atoms with van der Waals surface area (Å²) < 4.78 is 11.2. The second-order valence-electron chi connectivity index (χ2n) is 6.37. The highest BCUT2D eigenvalue weighted by Gasteiger charge is 2.23. The molecule has 7 heteroatoms. The Kier molecular flexibility index (Phi) is 5.86. The van der Waals surface area contributed by atoms with E-state index in [0.29, 0.717) is 41.6 Å². The molecule has 1 aliphatic heterocycles. The van der Waals surface area contributed by atoms with Crippen LogP contribution in [-0.4, -0.2) is 24.5 Å². The molecule has 2 N–H and O–H groups in total. The summed E-state index contributed by atoms with van der Waals surface area (Å²) in [5.41, 5.74) is 2.11. The first-order valence-electron chi connectivity index (χ1n) is 8.73. The fourth-order valence-electron chi connectivity index (χ4n) is 2.70. The summed E-state index contributed by atoms with van der Waals surface area (Å²) in [5, 5.41) is 6.24. The van der Waals surface area contributed by atoms with Crippen LogP contribution in [0.4, 0.5) is 11.4 Å². The number of carbonyl (C=O) groups is 2. The molecule has 142 valence electrons. The van der Waals surface area contributed by atoms with Crippen molar-refractivity contribution in [2.45, 2.75) is 32.8 Å². The molecule has 3 rings (SSSR count). The predicted octanol–water partition coefficient (Wildman–Crippen LogP) is 4.17. The summed E-state index contributed by atoms with van der Waals surface area (Å²) in [6.07, 6.45) is 0.377. The molecule has 0 spiro atoms. The zero-order valence-electron chi connectivity index (χ0n) is 15.2. The number of anilines is 2. The molecular formula is C20H21ClN2O4. The van der Waals surface area contributed by atoms with Crippen molar-refractivity contribution >= 4 is 34.8 Å². The monoisotopic (exact) mass is 388 g/mol. The summed E-state index contributed by atoms with van der Waals surface area (Å²) in [6.45, 7) is 4.04. The van der Waals surface area contributed by atoms with Crippen LogP contribution in [0.15, 0.2) is 36.4 Å². The lowest BCUT2D eigenvalue weighted by Gasteiger charge is -2.23. The first kappa shape index (κ1) is 19.0. The van der Waals surface area contributed by atoms with Crippen LogP contribution in [0.1, 0.15) is 25.3 Å². The first-order chi connectivity index (χ1) is 12.9. The van der Waals surface area contributed by atoms with E-state index in [-0.39, 0.29) is 11.8 Å². The Bertz CT molecular complexity index is 869. The SMILES string of the molecule is Cc1cc(Cl)ccc1OCCCC(=O)Nc1ccc2c(c1)NC(=O)C(C)O2. The molecule has 0 radical (unpaired) electrons. The van der Waals surface area contributed by atoms with E-state index in [2.05, 4.69) is 10.6 Å². The molecule has 0 saturated carbocycles. The molecule has 0 saturated heterocycles. The van der Waals surface area contributed by atoms with Gasteiger partial charge in [-0.1, -0.05) is 11.6 Å². The van der Waals surface area contributed by atoms with E-state index in [1.165, 1.54) is 0 Å². The molecule has 1 atom stereocenters. The molecule has 0 fully saturated rings. The van der Waals surface area contributed by atoms with Crippen molar-refractivity contribution in [3.05, 3.63) is 47.0 Å². The highest BCUT2D eigenvalue weighted by Crippen LogP contribution is 2.32. The fourth-order valence-corrected chi connectivity index (χ4v) is 2.93. The van der Waals surface area contributed by atoms with E-state index < -0.39 is 6.10 Å². The van der Waals surface area contributed by atoms with Gasteiger partial charge in [-0.15, -0.1) is 0 Å². The van der Waals surface area contributed by atoms with Gasteiger partial charge in [0.2, 0.25) is 5.91 Å². The number of halogens is 1. The van der Waals surface area contributed by atoms with Gasteiger partial charge in [0.25, 0.3) is 5.91 Å². The average Bonchev–Trinajstić information content (AvgIpc) is 2.61. The van der Waals surface area contributed by atoms with Crippen LogP contribution in [0.3, 0.4) is 0 Å². The zero-order valence-corrected chi connectivity index (χ0v) is 15.9. The van der Waals surface area contributed by atoms with Crippen LogP contribution in [0.25, 0.3) is 0 Å². The Morgan fingerprint density at radius 1 is 1.30 bits per heavy atom. The summed E-state index contributed by atoms with van der Waals surface area (Å²) in [7, 11) is 0.